The number of ether oxygens (including phenoxy) is 1. The summed E-state index contributed by atoms with van der Waals surface area (Å²) in [6.07, 6.45) is 4.74. The van der Waals surface area contributed by atoms with Crippen LogP contribution in [0.15, 0.2) is 78.2 Å². The molecule has 1 heterocycles. The van der Waals surface area contributed by atoms with Gasteiger partial charge >= 0.3 is 0 Å². The number of piperazine rings is 1. The quantitative estimate of drug-likeness (QED) is 0.375. The number of anilines is 2. The highest BCUT2D eigenvalue weighted by atomic mass is 32.2. The number of rotatable bonds is 10. The average Bonchev–Trinajstić information content (AvgIpc) is 2.96. The minimum absolute atomic E-state index is 0.0363. The molecule has 200 valence electrons. The zero-order valence-corrected chi connectivity index (χ0v) is 22.8. The normalized spacial score (nSPS) is 13.7. The molecular weight excluding hydrogens is 498 g/mol. The molecule has 0 unspecified atom stereocenters. The fraction of sp³-hybridized carbons (Fsp3) is 0.300. The summed E-state index contributed by atoms with van der Waals surface area (Å²) in [6, 6.07) is 19.8. The molecule has 0 bridgehead atoms. The van der Waals surface area contributed by atoms with Crippen molar-refractivity contribution in [1.29, 1.82) is 0 Å². The summed E-state index contributed by atoms with van der Waals surface area (Å²) in [5, 5.41) is 0. The lowest BCUT2D eigenvalue weighted by atomic mass is 10.1. The number of amides is 1. The van der Waals surface area contributed by atoms with Crippen molar-refractivity contribution in [3.63, 3.8) is 0 Å². The van der Waals surface area contributed by atoms with Crippen molar-refractivity contribution in [3.8, 4) is 5.75 Å². The Bertz CT molecular complexity index is 1380. The first-order valence-corrected chi connectivity index (χ1v) is 14.4. The van der Waals surface area contributed by atoms with Gasteiger partial charge in [-0.2, -0.15) is 0 Å². The van der Waals surface area contributed by atoms with E-state index in [4.69, 9.17) is 4.74 Å². The number of unbranched alkanes of at least 4 members (excludes halogenated alkanes) is 1. The van der Waals surface area contributed by atoms with Crippen molar-refractivity contribution in [1.82, 2.24) is 4.90 Å². The Morgan fingerprint density at radius 1 is 1.03 bits per heavy atom. The monoisotopic (exact) mass is 533 g/mol. The zero-order chi connectivity index (χ0) is 27.1. The number of carbonyl (C=O) groups excluding carboxylic acids is 1. The summed E-state index contributed by atoms with van der Waals surface area (Å²) < 4.78 is 34.5. The summed E-state index contributed by atoms with van der Waals surface area (Å²) >= 11 is 0. The van der Waals surface area contributed by atoms with E-state index in [1.807, 2.05) is 36.4 Å². The molecule has 0 spiro atoms. The molecule has 0 aromatic heterocycles. The van der Waals surface area contributed by atoms with E-state index >= 15 is 0 Å². The molecule has 4 rings (SSSR count). The van der Waals surface area contributed by atoms with Gasteiger partial charge in [-0.3, -0.25) is 9.52 Å². The Morgan fingerprint density at radius 2 is 1.74 bits per heavy atom. The summed E-state index contributed by atoms with van der Waals surface area (Å²) in [7, 11) is -2.24. The van der Waals surface area contributed by atoms with E-state index in [0.29, 0.717) is 43.0 Å². The number of nitrogens with zero attached hydrogens (tertiary/aromatic N) is 2. The summed E-state index contributed by atoms with van der Waals surface area (Å²) in [6.45, 7) is 8.26. The summed E-state index contributed by atoms with van der Waals surface area (Å²) in [5.41, 5.74) is 3.57. The Hall–Kier alpha value is -3.78. The Balaban J connectivity index is 1.49. The lowest BCUT2D eigenvalue weighted by molar-refractivity contribution is 0.0746. The van der Waals surface area contributed by atoms with Crippen molar-refractivity contribution < 1.29 is 17.9 Å². The van der Waals surface area contributed by atoms with Crippen molar-refractivity contribution in [2.75, 3.05) is 42.9 Å². The first-order valence-electron chi connectivity index (χ1n) is 12.9. The third-order valence-electron chi connectivity index (χ3n) is 6.80. The Morgan fingerprint density at radius 3 is 2.39 bits per heavy atom. The largest absolute Gasteiger partial charge is 0.495 e. The molecule has 7 nitrogen and oxygen atoms in total. The topological polar surface area (TPSA) is 79.0 Å². The van der Waals surface area contributed by atoms with Crippen LogP contribution in [0.3, 0.4) is 0 Å². The van der Waals surface area contributed by atoms with Gasteiger partial charge < -0.3 is 14.5 Å². The number of para-hydroxylation sites is 2. The van der Waals surface area contributed by atoms with Crippen molar-refractivity contribution in [3.05, 3.63) is 90.0 Å². The molecule has 1 amide bonds. The minimum atomic E-state index is -3.88. The van der Waals surface area contributed by atoms with Gasteiger partial charge in [-0.25, -0.2) is 8.42 Å². The number of nitrogens with one attached hydrogen (secondary N) is 1. The smallest absolute Gasteiger partial charge is 0.261 e. The fourth-order valence-corrected chi connectivity index (χ4v) is 5.70. The predicted molar refractivity (Wildman–Crippen MR) is 154 cm³/mol. The van der Waals surface area contributed by atoms with E-state index in [1.165, 1.54) is 17.7 Å². The number of aryl methyl sites for hydroxylation is 1. The molecule has 0 atom stereocenters. The average molecular weight is 534 g/mol. The first-order chi connectivity index (χ1) is 18.4. The van der Waals surface area contributed by atoms with E-state index in [1.54, 1.807) is 36.3 Å². The molecule has 1 aliphatic rings. The highest BCUT2D eigenvalue weighted by molar-refractivity contribution is 7.92. The summed E-state index contributed by atoms with van der Waals surface area (Å²) in [5.74, 6) is 0.583. The van der Waals surface area contributed by atoms with Crippen molar-refractivity contribution >= 4 is 33.4 Å². The third-order valence-corrected chi connectivity index (χ3v) is 8.18. The van der Waals surface area contributed by atoms with Gasteiger partial charge in [0.05, 0.1) is 17.7 Å². The van der Waals surface area contributed by atoms with Crippen LogP contribution in [-0.2, 0) is 16.4 Å². The van der Waals surface area contributed by atoms with E-state index in [2.05, 4.69) is 23.1 Å². The van der Waals surface area contributed by atoms with E-state index < -0.39 is 10.0 Å². The molecule has 0 radical (unpaired) electrons. The molecule has 38 heavy (non-hydrogen) atoms. The first kappa shape index (κ1) is 27.3. The van der Waals surface area contributed by atoms with Gasteiger partial charge in [-0.1, -0.05) is 56.3 Å². The number of methoxy groups -OCH3 is 1. The number of sulfonamides is 1. The lowest BCUT2D eigenvalue weighted by Gasteiger charge is -2.36. The molecule has 1 N–H and O–H groups in total. The second-order valence-corrected chi connectivity index (χ2v) is 11.0. The van der Waals surface area contributed by atoms with Crippen LogP contribution in [0.4, 0.5) is 11.4 Å². The molecule has 1 saturated heterocycles. The van der Waals surface area contributed by atoms with E-state index in [0.717, 1.165) is 30.7 Å². The van der Waals surface area contributed by atoms with Gasteiger partial charge in [0.25, 0.3) is 15.9 Å². The number of hydrogen-bond acceptors (Lipinski definition) is 5. The molecule has 1 aliphatic heterocycles. The molecule has 1 fully saturated rings. The van der Waals surface area contributed by atoms with Gasteiger partial charge in [0.2, 0.25) is 0 Å². The molecule has 3 aromatic rings. The SMILES string of the molecule is C=Cc1ccc(S(=O)(=O)Nc2ccc(CCCC)cc2)cc1C(=O)N1CCN(c2ccccc2OC)CC1. The van der Waals surface area contributed by atoms with Crippen LogP contribution < -0.4 is 14.4 Å². The zero-order valence-electron chi connectivity index (χ0n) is 22.0. The van der Waals surface area contributed by atoms with Gasteiger partial charge in [-0.15, -0.1) is 0 Å². The van der Waals surface area contributed by atoms with Crippen LogP contribution in [0.5, 0.6) is 5.75 Å². The van der Waals surface area contributed by atoms with Gasteiger partial charge in [-0.05, 0) is 60.4 Å². The molecule has 0 aliphatic carbocycles. The number of benzene rings is 3. The highest BCUT2D eigenvalue weighted by Gasteiger charge is 2.26. The van der Waals surface area contributed by atoms with Gasteiger partial charge in [0.15, 0.2) is 0 Å². The minimum Gasteiger partial charge on any atom is -0.495 e. The summed E-state index contributed by atoms with van der Waals surface area (Å²) in [4.78, 5) is 17.5. The molecule has 8 heteroatoms. The standard InChI is InChI=1S/C30H35N3O4S/c1-4-6-9-23-12-15-25(16-13-23)31-38(35,36)26-17-14-24(5-2)27(22-26)30(34)33-20-18-32(19-21-33)28-10-7-8-11-29(28)37-3/h5,7-8,10-17,22,31H,2,4,6,9,18-21H2,1,3H3. The maximum absolute atomic E-state index is 13.5. The third kappa shape index (κ3) is 6.19. The van der Waals surface area contributed by atoms with Crippen LogP contribution in [0.25, 0.3) is 6.08 Å². The second kappa shape index (κ2) is 12.2. The Labute approximate surface area is 225 Å². The second-order valence-electron chi connectivity index (χ2n) is 9.31. The molecule has 0 saturated carbocycles. The number of carbonyl (C=O) groups is 1. The van der Waals surface area contributed by atoms with Crippen LogP contribution in [0, 0.1) is 0 Å². The van der Waals surface area contributed by atoms with Gasteiger partial charge in [0, 0.05) is 37.4 Å². The fourth-order valence-electron chi connectivity index (χ4n) is 4.61. The lowest BCUT2D eigenvalue weighted by Crippen LogP contribution is -2.49. The molecule has 3 aromatic carbocycles. The van der Waals surface area contributed by atoms with E-state index in [-0.39, 0.29) is 10.8 Å². The van der Waals surface area contributed by atoms with E-state index in [9.17, 15) is 13.2 Å². The van der Waals surface area contributed by atoms with Crippen LogP contribution >= 0.6 is 0 Å². The maximum Gasteiger partial charge on any atom is 0.261 e. The van der Waals surface area contributed by atoms with Gasteiger partial charge in [0.1, 0.15) is 5.75 Å². The predicted octanol–water partition coefficient (Wildman–Crippen LogP) is 5.44. The van der Waals surface area contributed by atoms with Crippen LogP contribution in [0.2, 0.25) is 0 Å². The maximum atomic E-state index is 13.5. The van der Waals surface area contributed by atoms with Crippen molar-refractivity contribution in [2.45, 2.75) is 31.1 Å². The van der Waals surface area contributed by atoms with Crippen LogP contribution in [-0.4, -0.2) is 52.5 Å². The Kier molecular flexibility index (Phi) is 8.73. The highest BCUT2D eigenvalue weighted by Crippen LogP contribution is 2.29. The molecular formula is C30H35N3O4S. The van der Waals surface area contributed by atoms with Crippen molar-refractivity contribution in [2.24, 2.45) is 0 Å². The number of hydrogen-bond donors (Lipinski definition) is 1. The van der Waals surface area contributed by atoms with Crippen LogP contribution in [0.1, 0.15) is 41.3 Å².